The molecule has 2 amide bonds. The number of amides is 2. The molecule has 0 atom stereocenters. The Kier molecular flexibility index (Phi) is 7.08. The molecule has 12 nitrogen and oxygen atoms in total. The van der Waals surface area contributed by atoms with E-state index in [2.05, 4.69) is 10.4 Å². The van der Waals surface area contributed by atoms with Gasteiger partial charge in [0, 0.05) is 34.0 Å². The van der Waals surface area contributed by atoms with Crippen LogP contribution < -0.4 is 11.1 Å². The van der Waals surface area contributed by atoms with Gasteiger partial charge in [0.2, 0.25) is 0 Å². The van der Waals surface area contributed by atoms with Crippen LogP contribution >= 0.6 is 11.8 Å². The predicted molar refractivity (Wildman–Crippen MR) is 151 cm³/mol. The van der Waals surface area contributed by atoms with Gasteiger partial charge in [-0.2, -0.15) is 10.4 Å². The largest absolute Gasteiger partial charge is 0.364 e. The topological polar surface area (TPSA) is 191 Å². The molecule has 1 aromatic heterocycles. The first kappa shape index (κ1) is 27.6. The molecule has 1 aliphatic carbocycles. The maximum Gasteiger partial charge on any atom is 0.282 e. The number of rotatable bonds is 7. The van der Waals surface area contributed by atoms with Gasteiger partial charge >= 0.3 is 0 Å². The van der Waals surface area contributed by atoms with Crippen molar-refractivity contribution in [1.29, 1.82) is 5.26 Å². The van der Waals surface area contributed by atoms with Gasteiger partial charge in [-0.15, -0.1) is 0 Å². The molecule has 0 saturated heterocycles. The summed E-state index contributed by atoms with van der Waals surface area (Å²) in [5, 5.41) is 29.5. The molecule has 0 radical (unpaired) electrons. The minimum Gasteiger partial charge on any atom is -0.364 e. The van der Waals surface area contributed by atoms with Crippen LogP contribution in [0.15, 0.2) is 70.5 Å². The highest BCUT2D eigenvalue weighted by atomic mass is 32.2. The number of carbonyl (C=O) groups is 2. The number of hydrogen-bond donors (Lipinski definition) is 2. The van der Waals surface area contributed by atoms with Crippen molar-refractivity contribution in [2.75, 3.05) is 11.6 Å². The van der Waals surface area contributed by atoms with Gasteiger partial charge in [0.25, 0.3) is 17.5 Å². The predicted octanol–water partition coefficient (Wildman–Crippen LogP) is 3.87. The van der Waals surface area contributed by atoms with Crippen LogP contribution in [0, 0.1) is 20.8 Å². The van der Waals surface area contributed by atoms with E-state index in [-0.39, 0.29) is 16.2 Å². The van der Waals surface area contributed by atoms with E-state index < -0.39 is 32.3 Å². The number of thiocyanates is 1. The molecule has 14 heteroatoms. The maximum atomic E-state index is 13.2. The fourth-order valence-electron chi connectivity index (χ4n) is 4.71. The molecule has 206 valence electrons. The molecule has 0 aliphatic heterocycles. The Morgan fingerprint density at radius 2 is 1.85 bits per heavy atom. The van der Waals surface area contributed by atoms with Crippen LogP contribution in [0.5, 0.6) is 0 Å². The zero-order valence-electron chi connectivity index (χ0n) is 21.3. The van der Waals surface area contributed by atoms with E-state index in [0.29, 0.717) is 45.9 Å². The average molecular weight is 589 g/mol. The van der Waals surface area contributed by atoms with Crippen LogP contribution in [0.1, 0.15) is 32.0 Å². The van der Waals surface area contributed by atoms with Crippen molar-refractivity contribution in [3.63, 3.8) is 0 Å². The summed E-state index contributed by atoms with van der Waals surface area (Å²) in [6, 6.07) is 15.0. The van der Waals surface area contributed by atoms with E-state index in [0.717, 1.165) is 23.6 Å². The zero-order valence-corrected chi connectivity index (χ0v) is 23.0. The van der Waals surface area contributed by atoms with Crippen molar-refractivity contribution in [3.8, 4) is 22.3 Å². The van der Waals surface area contributed by atoms with E-state index >= 15 is 0 Å². The summed E-state index contributed by atoms with van der Waals surface area (Å²) in [4.78, 5) is 36.8. The number of primary amides is 1. The third-order valence-corrected chi connectivity index (χ3v) is 8.28. The minimum atomic E-state index is -3.43. The average Bonchev–Trinajstić information content (AvgIpc) is 3.33. The molecule has 0 saturated carbocycles. The molecular formula is C27H20N6O6S2. The Hall–Kier alpha value is -5.00. The lowest BCUT2D eigenvalue weighted by molar-refractivity contribution is -0.385. The van der Waals surface area contributed by atoms with Gasteiger partial charge in [0.15, 0.2) is 15.5 Å². The Morgan fingerprint density at radius 1 is 1.12 bits per heavy atom. The monoisotopic (exact) mass is 588 g/mol. The summed E-state index contributed by atoms with van der Waals surface area (Å²) >= 11 is 0.773. The van der Waals surface area contributed by atoms with Crippen molar-refractivity contribution >= 4 is 44.8 Å². The number of hydrogen-bond acceptors (Lipinski definition) is 9. The number of carbonyl (C=O) groups excluding carboxylic acids is 2. The number of nitriles is 1. The number of aryl methyl sites for hydroxylation is 1. The summed E-state index contributed by atoms with van der Waals surface area (Å²) in [7, 11) is -3.43. The van der Waals surface area contributed by atoms with Gasteiger partial charge in [-0.05, 0) is 78.7 Å². The molecule has 0 spiro atoms. The Morgan fingerprint density at radius 3 is 2.49 bits per heavy atom. The summed E-state index contributed by atoms with van der Waals surface area (Å²) in [5.41, 5.74) is 8.64. The molecular weight excluding hydrogens is 568 g/mol. The smallest absolute Gasteiger partial charge is 0.282 e. The van der Waals surface area contributed by atoms with E-state index in [1.165, 1.54) is 35.0 Å². The first-order valence-electron chi connectivity index (χ1n) is 12.0. The first-order valence-corrected chi connectivity index (χ1v) is 14.7. The van der Waals surface area contributed by atoms with Gasteiger partial charge in [0.1, 0.15) is 11.0 Å². The molecule has 5 rings (SSSR count). The first-order chi connectivity index (χ1) is 19.5. The molecule has 0 fully saturated rings. The zero-order chi connectivity index (χ0) is 29.5. The molecule has 3 N–H and O–H groups in total. The van der Waals surface area contributed by atoms with E-state index in [1.807, 2.05) is 5.40 Å². The summed E-state index contributed by atoms with van der Waals surface area (Å²) in [6.07, 6.45) is 2.14. The Bertz CT molecular complexity index is 1910. The lowest BCUT2D eigenvalue weighted by atomic mass is 9.88. The summed E-state index contributed by atoms with van der Waals surface area (Å²) in [5.74, 6) is -1.46. The van der Waals surface area contributed by atoms with Gasteiger partial charge in [-0.1, -0.05) is 6.07 Å². The number of aromatic nitrogens is 2. The number of anilines is 1. The lowest BCUT2D eigenvalue weighted by Crippen LogP contribution is -2.16. The number of benzene rings is 3. The van der Waals surface area contributed by atoms with Crippen LogP contribution in [0.3, 0.4) is 0 Å². The van der Waals surface area contributed by atoms with Crippen LogP contribution in [-0.4, -0.2) is 41.2 Å². The lowest BCUT2D eigenvalue weighted by Gasteiger charge is -2.20. The second-order valence-corrected chi connectivity index (χ2v) is 12.0. The van der Waals surface area contributed by atoms with Gasteiger partial charge in [-0.3, -0.25) is 19.7 Å². The fourth-order valence-corrected chi connectivity index (χ4v) is 5.76. The molecule has 41 heavy (non-hydrogen) atoms. The second-order valence-electron chi connectivity index (χ2n) is 9.17. The molecule has 3 aromatic carbocycles. The van der Waals surface area contributed by atoms with Crippen molar-refractivity contribution in [3.05, 3.63) is 93.2 Å². The van der Waals surface area contributed by atoms with Gasteiger partial charge in [-0.25, -0.2) is 13.1 Å². The van der Waals surface area contributed by atoms with E-state index in [9.17, 15) is 28.1 Å². The number of fused-ring (bicyclic) bond motifs is 3. The Balaban J connectivity index is 1.58. The quantitative estimate of drug-likeness (QED) is 0.140. The molecule has 4 aromatic rings. The summed E-state index contributed by atoms with van der Waals surface area (Å²) in [6.45, 7) is 0. The maximum absolute atomic E-state index is 13.2. The molecule has 1 aliphatic rings. The van der Waals surface area contributed by atoms with Crippen LogP contribution in [0.4, 0.5) is 11.4 Å². The standard InChI is InChI=1S/C27H20N6O6S2/c1-41(38,39)19-8-5-17(6-9-19)32-25-20(24(31-32)26(29)34)10-3-15-2-4-16(12-21(15)25)30-27(35)22-13-18(40-14-28)7-11-23(22)33(36)37/h2,4-9,11-13H,3,10H2,1H3,(H2,29,34)(H,30,35). The second kappa shape index (κ2) is 10.5. The molecule has 0 unspecified atom stereocenters. The van der Waals surface area contributed by atoms with Crippen LogP contribution in [0.2, 0.25) is 0 Å². The number of nitrogens with one attached hydrogen (secondary N) is 1. The number of nitro benzene ring substituents is 1. The molecule has 0 bridgehead atoms. The van der Waals surface area contributed by atoms with Gasteiger partial charge in [0.05, 0.1) is 21.2 Å². The van der Waals surface area contributed by atoms with Crippen molar-refractivity contribution in [2.24, 2.45) is 5.73 Å². The Labute approximate surface area is 237 Å². The van der Waals surface area contributed by atoms with Crippen molar-refractivity contribution < 1.29 is 22.9 Å². The highest BCUT2D eigenvalue weighted by molar-refractivity contribution is 8.03. The number of thioether (sulfide) groups is 1. The third-order valence-electron chi connectivity index (χ3n) is 6.57. The highest BCUT2D eigenvalue weighted by Gasteiger charge is 2.29. The van der Waals surface area contributed by atoms with Crippen molar-refractivity contribution in [2.45, 2.75) is 22.6 Å². The normalized spacial score (nSPS) is 12.1. The number of nitro groups is 1. The number of nitrogens with two attached hydrogens (primary N) is 1. The highest BCUT2D eigenvalue weighted by Crippen LogP contribution is 2.39. The van der Waals surface area contributed by atoms with Crippen LogP contribution in [0.25, 0.3) is 16.9 Å². The third kappa shape index (κ3) is 5.28. The van der Waals surface area contributed by atoms with E-state index in [1.54, 1.807) is 30.3 Å². The van der Waals surface area contributed by atoms with Crippen LogP contribution in [-0.2, 0) is 22.7 Å². The SMILES string of the molecule is CS(=O)(=O)c1ccc(-n2nc(C(N)=O)c3c2-c2cc(NC(=O)c4cc(SC#N)ccc4[N+](=O)[O-])ccc2CC3)cc1. The van der Waals surface area contributed by atoms with E-state index in [4.69, 9.17) is 11.0 Å². The number of sulfone groups is 1. The molecule has 1 heterocycles. The fraction of sp³-hybridized carbons (Fsp3) is 0.111. The summed E-state index contributed by atoms with van der Waals surface area (Å²) < 4.78 is 25.4. The minimum absolute atomic E-state index is 0.0784. The number of nitrogens with zero attached hydrogens (tertiary/aromatic N) is 4. The van der Waals surface area contributed by atoms with Gasteiger partial charge < -0.3 is 11.1 Å². The van der Waals surface area contributed by atoms with Crippen molar-refractivity contribution in [1.82, 2.24) is 9.78 Å².